The number of fused-ring (bicyclic) bond motifs is 6. The van der Waals surface area contributed by atoms with Gasteiger partial charge in [-0.05, 0) is 110 Å². The quantitative estimate of drug-likeness (QED) is 0.169. The Bertz CT molecular complexity index is 3220. The number of hydrogen-bond donors (Lipinski definition) is 0. The van der Waals surface area contributed by atoms with E-state index in [9.17, 15) is 0 Å². The summed E-state index contributed by atoms with van der Waals surface area (Å²) in [6.07, 6.45) is 0.837. The Hall–Kier alpha value is -7.01. The highest BCUT2D eigenvalue weighted by Gasteiger charge is 2.31. The molecule has 0 spiro atoms. The highest BCUT2D eigenvalue weighted by molar-refractivity contribution is 7.25. The van der Waals surface area contributed by atoms with Crippen LogP contribution in [0.15, 0.2) is 176 Å². The van der Waals surface area contributed by atoms with Crippen LogP contribution in [-0.2, 0) is 6.42 Å². The molecule has 0 fully saturated rings. The number of nitrogens with zero attached hydrogens (tertiary/aromatic N) is 3. The molecule has 1 aliphatic carbocycles. The van der Waals surface area contributed by atoms with Crippen LogP contribution in [0.2, 0.25) is 0 Å². The fraction of sp³-hybridized carbons (Fsp3) is 0.0556. The summed E-state index contributed by atoms with van der Waals surface area (Å²) in [6, 6.07) is 63.5. The number of thiophene rings is 1. The van der Waals surface area contributed by atoms with Crippen molar-refractivity contribution in [2.24, 2.45) is 0 Å². The maximum absolute atomic E-state index is 5.20. The maximum atomic E-state index is 5.20. The first-order chi connectivity index (χ1) is 28.6. The summed E-state index contributed by atoms with van der Waals surface area (Å²) < 4.78 is 2.54. The van der Waals surface area contributed by atoms with Crippen LogP contribution in [0, 0.1) is 13.8 Å². The van der Waals surface area contributed by atoms with Gasteiger partial charge in [0, 0.05) is 36.9 Å². The van der Waals surface area contributed by atoms with Gasteiger partial charge >= 0.3 is 0 Å². The van der Waals surface area contributed by atoms with E-state index in [2.05, 4.69) is 195 Å². The van der Waals surface area contributed by atoms with Crippen molar-refractivity contribution < 1.29 is 0 Å². The highest BCUT2D eigenvalue weighted by Crippen LogP contribution is 2.52. The summed E-state index contributed by atoms with van der Waals surface area (Å²) in [4.78, 5) is 0. The minimum absolute atomic E-state index is 0.825. The molecule has 0 radical (unpaired) electrons. The Morgan fingerprint density at radius 1 is 0.431 bits per heavy atom. The van der Waals surface area contributed by atoms with Crippen molar-refractivity contribution in [1.29, 1.82) is 0 Å². The van der Waals surface area contributed by atoms with E-state index in [0.29, 0.717) is 0 Å². The molecule has 0 N–H and O–H groups in total. The molecule has 274 valence electrons. The lowest BCUT2D eigenvalue weighted by molar-refractivity contribution is 0.878. The third-order valence-electron chi connectivity index (χ3n) is 12.0. The molecule has 0 bridgehead atoms. The largest absolute Gasteiger partial charge is 0.135 e. The van der Waals surface area contributed by atoms with Crippen molar-refractivity contribution in [2.45, 2.75) is 20.3 Å². The maximum Gasteiger partial charge on any atom is 0.106 e. The first-order valence-corrected chi connectivity index (χ1v) is 20.6. The predicted molar refractivity (Wildman–Crippen MR) is 243 cm³/mol. The fourth-order valence-corrected chi connectivity index (χ4v) is 10.4. The van der Waals surface area contributed by atoms with E-state index in [1.807, 2.05) is 11.3 Å². The number of hydrogen-bond acceptors (Lipinski definition) is 4. The van der Waals surface area contributed by atoms with Crippen LogP contribution in [0.1, 0.15) is 22.3 Å². The molecular formula is C54H37N3S. The molecule has 0 atom stereocenters. The van der Waals surface area contributed by atoms with Crippen LogP contribution in [0.3, 0.4) is 0 Å². The van der Waals surface area contributed by atoms with Gasteiger partial charge in [-0.15, -0.1) is 21.5 Å². The number of rotatable bonds is 6. The van der Waals surface area contributed by atoms with Gasteiger partial charge in [0.05, 0.1) is 0 Å². The Morgan fingerprint density at radius 3 is 1.83 bits per heavy atom. The molecule has 10 aromatic rings. The average molecular weight is 760 g/mol. The lowest BCUT2D eigenvalue weighted by Gasteiger charge is -2.23. The molecule has 8 aromatic carbocycles. The molecule has 0 saturated carbocycles. The van der Waals surface area contributed by atoms with Crippen LogP contribution < -0.4 is 0 Å². The van der Waals surface area contributed by atoms with Gasteiger partial charge in [0.2, 0.25) is 0 Å². The van der Waals surface area contributed by atoms with Crippen molar-refractivity contribution in [3.05, 3.63) is 198 Å². The Balaban J connectivity index is 1.31. The molecule has 58 heavy (non-hydrogen) atoms. The van der Waals surface area contributed by atoms with Gasteiger partial charge in [-0.3, -0.25) is 0 Å². The molecule has 0 unspecified atom stereocenters. The summed E-state index contributed by atoms with van der Waals surface area (Å²) in [5.74, 6) is 0. The first kappa shape index (κ1) is 34.3. The predicted octanol–water partition coefficient (Wildman–Crippen LogP) is 14.4. The van der Waals surface area contributed by atoms with Gasteiger partial charge in [0.15, 0.2) is 0 Å². The zero-order chi connectivity index (χ0) is 38.7. The monoisotopic (exact) mass is 759 g/mol. The summed E-state index contributed by atoms with van der Waals surface area (Å²) in [5.41, 5.74) is 20.5. The highest BCUT2D eigenvalue weighted by atomic mass is 32.1. The Morgan fingerprint density at radius 2 is 1.02 bits per heavy atom. The van der Waals surface area contributed by atoms with E-state index in [1.54, 1.807) is 0 Å². The molecule has 0 amide bonds. The van der Waals surface area contributed by atoms with Crippen molar-refractivity contribution in [2.75, 3.05) is 0 Å². The van der Waals surface area contributed by atoms with Gasteiger partial charge in [-0.1, -0.05) is 164 Å². The molecular weight excluding hydrogens is 723 g/mol. The lowest BCUT2D eigenvalue weighted by atomic mass is 9.81. The summed E-state index contributed by atoms with van der Waals surface area (Å²) in [5, 5.41) is 17.3. The van der Waals surface area contributed by atoms with Crippen LogP contribution in [0.25, 0.3) is 98.3 Å². The molecule has 2 heterocycles. The molecule has 11 rings (SSSR count). The Kier molecular flexibility index (Phi) is 8.19. The smallest absolute Gasteiger partial charge is 0.106 e. The van der Waals surface area contributed by atoms with Crippen LogP contribution in [0.5, 0.6) is 0 Å². The molecule has 4 heteroatoms. The minimum Gasteiger partial charge on any atom is -0.135 e. The van der Waals surface area contributed by atoms with E-state index in [0.717, 1.165) is 62.3 Å². The second-order valence-corrected chi connectivity index (χ2v) is 16.3. The summed E-state index contributed by atoms with van der Waals surface area (Å²) in [6.45, 7) is 4.50. The first-order valence-electron chi connectivity index (χ1n) is 19.8. The van der Waals surface area contributed by atoms with E-state index in [-0.39, 0.29) is 0 Å². The zero-order valence-electron chi connectivity index (χ0n) is 32.2. The molecule has 2 aromatic heterocycles. The standard InChI is InChI=1S/C54H37N3S/c1-33-31-45-39-23-10-9-21-37(39)32-46(45)49(34(33)2)52-53(36-19-7-4-8-20-36)55-57-56-54(52)51-41(40-24-12-11-22-38(40)35-17-5-3-6-18-35)26-15-27-43(51)42-28-16-30-48-50(42)44-25-13-14-29-47(44)58-48/h3-31H,32H2,1-2H3. The SMILES string of the molecule is Cc1cc2c(c(-c3c(-c4ccccc4)nnnc3-c3c(-c4ccccc4-c4ccccc4)cccc3-c3cccc4sc5ccccc5c34)c1C)Cc1ccccc1-2. The molecule has 3 nitrogen and oxygen atoms in total. The van der Waals surface area contributed by atoms with Gasteiger partial charge < -0.3 is 0 Å². The Labute approximate surface area is 342 Å². The van der Waals surface area contributed by atoms with Gasteiger partial charge in [-0.25, -0.2) is 0 Å². The third-order valence-corrected chi connectivity index (χ3v) is 13.1. The minimum atomic E-state index is 0.825. The van der Waals surface area contributed by atoms with Crippen molar-refractivity contribution in [3.63, 3.8) is 0 Å². The summed E-state index contributed by atoms with van der Waals surface area (Å²) in [7, 11) is 0. The number of aromatic nitrogens is 3. The third kappa shape index (κ3) is 5.44. The van der Waals surface area contributed by atoms with Crippen LogP contribution in [-0.4, -0.2) is 15.4 Å². The van der Waals surface area contributed by atoms with Gasteiger partial charge in [0.25, 0.3) is 0 Å². The lowest BCUT2D eigenvalue weighted by Crippen LogP contribution is -2.06. The molecule has 0 aliphatic heterocycles. The average Bonchev–Trinajstić information content (AvgIpc) is 3.85. The van der Waals surface area contributed by atoms with E-state index in [4.69, 9.17) is 10.2 Å². The van der Waals surface area contributed by atoms with Crippen molar-refractivity contribution in [1.82, 2.24) is 15.4 Å². The van der Waals surface area contributed by atoms with Crippen molar-refractivity contribution >= 4 is 31.5 Å². The van der Waals surface area contributed by atoms with Crippen molar-refractivity contribution in [3.8, 4) is 78.1 Å². The normalized spacial score (nSPS) is 11.9. The molecule has 1 aliphatic rings. The van der Waals surface area contributed by atoms with E-state index >= 15 is 0 Å². The van der Waals surface area contributed by atoms with E-state index < -0.39 is 0 Å². The zero-order valence-corrected chi connectivity index (χ0v) is 33.0. The topological polar surface area (TPSA) is 38.7 Å². The second-order valence-electron chi connectivity index (χ2n) is 15.2. The van der Waals surface area contributed by atoms with Gasteiger partial charge in [0.1, 0.15) is 11.4 Å². The van der Waals surface area contributed by atoms with E-state index in [1.165, 1.54) is 64.7 Å². The van der Waals surface area contributed by atoms with Crippen LogP contribution in [0.4, 0.5) is 0 Å². The van der Waals surface area contributed by atoms with Crippen LogP contribution >= 0.6 is 11.3 Å². The summed E-state index contributed by atoms with van der Waals surface area (Å²) >= 11 is 1.85. The van der Waals surface area contributed by atoms with Gasteiger partial charge in [-0.2, -0.15) is 0 Å². The number of benzene rings is 8. The number of aryl methyl sites for hydroxylation is 1. The molecule has 0 saturated heterocycles. The second kappa shape index (κ2) is 13.9. The fourth-order valence-electron chi connectivity index (χ4n) is 9.24.